The second kappa shape index (κ2) is 6.68. The van der Waals surface area contributed by atoms with Crippen LogP contribution in [0.3, 0.4) is 0 Å². The van der Waals surface area contributed by atoms with Crippen molar-refractivity contribution in [2.24, 2.45) is 0 Å². The molecule has 1 heterocycles. The quantitative estimate of drug-likeness (QED) is 0.509. The number of carbonyl (C=O) groups excluding carboxylic acids is 1. The molecule has 0 unspecified atom stereocenters. The lowest BCUT2D eigenvalue weighted by Gasteiger charge is -2.05. The molecule has 0 fully saturated rings. The predicted molar refractivity (Wildman–Crippen MR) is 82.2 cm³/mol. The van der Waals surface area contributed by atoms with E-state index in [-0.39, 0.29) is 5.91 Å². The number of carbonyl (C=O) groups is 1. The van der Waals surface area contributed by atoms with Crippen LogP contribution in [0.2, 0.25) is 0 Å². The minimum absolute atomic E-state index is 0.0887. The molecule has 0 aliphatic rings. The first kappa shape index (κ1) is 13.3. The van der Waals surface area contributed by atoms with Gasteiger partial charge >= 0.3 is 0 Å². The van der Waals surface area contributed by atoms with E-state index < -0.39 is 0 Å². The van der Waals surface area contributed by atoms with Crippen LogP contribution in [0.15, 0.2) is 36.4 Å². The van der Waals surface area contributed by atoms with E-state index in [1.165, 1.54) is 0 Å². The molecule has 0 bridgehead atoms. The number of rotatable bonds is 5. The Hall–Kier alpha value is -1.17. The fraction of sp³-hybridized carbons (Fsp3) is 0.286. The number of hydrogen-bond acceptors (Lipinski definition) is 2. The van der Waals surface area contributed by atoms with E-state index in [1.807, 2.05) is 30.3 Å². The molecule has 18 heavy (non-hydrogen) atoms. The summed E-state index contributed by atoms with van der Waals surface area (Å²) >= 11 is 2.34. The number of nitrogens with one attached hydrogen (secondary N) is 1. The number of fused-ring (bicyclic) bond motifs is 1. The number of pyridine rings is 1. The molecule has 3 nitrogen and oxygen atoms in total. The van der Waals surface area contributed by atoms with Crippen molar-refractivity contribution in [1.29, 1.82) is 0 Å². The van der Waals surface area contributed by atoms with Gasteiger partial charge in [-0.1, -0.05) is 46.9 Å². The molecule has 1 amide bonds. The maximum atomic E-state index is 11.9. The van der Waals surface area contributed by atoms with Gasteiger partial charge in [0.05, 0.1) is 5.52 Å². The van der Waals surface area contributed by atoms with Crippen LogP contribution in [0, 0.1) is 0 Å². The smallest absolute Gasteiger partial charge is 0.269 e. The third-order valence-electron chi connectivity index (χ3n) is 2.68. The highest BCUT2D eigenvalue weighted by Gasteiger charge is 2.06. The standard InChI is InChI=1S/C14H15IN2O/c15-9-3-4-10-16-14(18)13-8-7-11-5-1-2-6-12(11)17-13/h1-2,5-8H,3-4,9-10H2,(H,16,18). The molecule has 0 spiro atoms. The topological polar surface area (TPSA) is 42.0 Å². The Morgan fingerprint density at radius 2 is 2.00 bits per heavy atom. The summed E-state index contributed by atoms with van der Waals surface area (Å²) in [5.41, 5.74) is 1.35. The van der Waals surface area contributed by atoms with Gasteiger partial charge in [-0.25, -0.2) is 4.98 Å². The predicted octanol–water partition coefficient (Wildman–Crippen LogP) is 3.18. The van der Waals surface area contributed by atoms with E-state index >= 15 is 0 Å². The van der Waals surface area contributed by atoms with E-state index in [0.717, 1.165) is 34.7 Å². The van der Waals surface area contributed by atoms with Crippen LogP contribution < -0.4 is 5.32 Å². The molecule has 1 N–H and O–H groups in total. The Labute approximate surface area is 120 Å². The third-order valence-corrected chi connectivity index (χ3v) is 3.44. The molecule has 94 valence electrons. The van der Waals surface area contributed by atoms with E-state index in [9.17, 15) is 4.79 Å². The normalized spacial score (nSPS) is 10.5. The van der Waals surface area contributed by atoms with Gasteiger partial charge in [-0.05, 0) is 29.4 Å². The molecule has 0 saturated carbocycles. The summed E-state index contributed by atoms with van der Waals surface area (Å²) in [6, 6.07) is 11.5. The van der Waals surface area contributed by atoms with Gasteiger partial charge in [-0.15, -0.1) is 0 Å². The Bertz CT molecular complexity index is 542. The summed E-state index contributed by atoms with van der Waals surface area (Å²) in [6.07, 6.45) is 2.15. The van der Waals surface area contributed by atoms with E-state index in [2.05, 4.69) is 32.9 Å². The number of halogens is 1. The molecular formula is C14H15IN2O. The van der Waals surface area contributed by atoms with Gasteiger partial charge < -0.3 is 5.32 Å². The highest BCUT2D eigenvalue weighted by atomic mass is 127. The molecule has 0 aliphatic heterocycles. The number of benzene rings is 1. The highest BCUT2D eigenvalue weighted by molar-refractivity contribution is 14.1. The van der Waals surface area contributed by atoms with Crippen molar-refractivity contribution in [1.82, 2.24) is 10.3 Å². The van der Waals surface area contributed by atoms with Crippen molar-refractivity contribution in [3.8, 4) is 0 Å². The number of nitrogens with zero attached hydrogens (tertiary/aromatic N) is 1. The zero-order valence-corrected chi connectivity index (χ0v) is 12.2. The van der Waals surface area contributed by atoms with Crippen molar-refractivity contribution in [3.05, 3.63) is 42.1 Å². The summed E-state index contributed by atoms with van der Waals surface area (Å²) in [7, 11) is 0. The second-order valence-electron chi connectivity index (χ2n) is 4.04. The first-order valence-corrected chi connectivity index (χ1v) is 7.54. The van der Waals surface area contributed by atoms with Gasteiger partial charge in [0.25, 0.3) is 5.91 Å². The lowest BCUT2D eigenvalue weighted by Crippen LogP contribution is -2.25. The molecule has 0 atom stereocenters. The van der Waals surface area contributed by atoms with Crippen molar-refractivity contribution in [2.75, 3.05) is 11.0 Å². The van der Waals surface area contributed by atoms with Crippen LogP contribution in [-0.2, 0) is 0 Å². The zero-order chi connectivity index (χ0) is 12.8. The average Bonchev–Trinajstić information content (AvgIpc) is 2.43. The maximum absolute atomic E-state index is 11.9. The van der Waals surface area contributed by atoms with Gasteiger partial charge in [0.2, 0.25) is 0 Å². The van der Waals surface area contributed by atoms with Crippen LogP contribution in [0.5, 0.6) is 0 Å². The average molecular weight is 354 g/mol. The van der Waals surface area contributed by atoms with Crippen LogP contribution in [0.4, 0.5) is 0 Å². The number of alkyl halides is 1. The minimum Gasteiger partial charge on any atom is -0.351 e. The molecule has 1 aromatic heterocycles. The van der Waals surface area contributed by atoms with Gasteiger partial charge in [0.1, 0.15) is 5.69 Å². The Morgan fingerprint density at radius 3 is 2.83 bits per heavy atom. The zero-order valence-electron chi connectivity index (χ0n) is 10.0. The first-order chi connectivity index (χ1) is 8.81. The molecule has 1 aromatic carbocycles. The molecule has 2 rings (SSSR count). The number of unbranched alkanes of at least 4 members (excludes halogenated alkanes) is 1. The minimum atomic E-state index is -0.0887. The molecule has 2 aromatic rings. The number of hydrogen-bond donors (Lipinski definition) is 1. The molecule has 0 saturated heterocycles. The summed E-state index contributed by atoms with van der Waals surface area (Å²) < 4.78 is 1.13. The van der Waals surface area contributed by atoms with Crippen molar-refractivity contribution in [2.45, 2.75) is 12.8 Å². The Morgan fingerprint density at radius 1 is 1.17 bits per heavy atom. The number of amides is 1. The van der Waals surface area contributed by atoms with Crippen LogP contribution in [0.1, 0.15) is 23.3 Å². The first-order valence-electron chi connectivity index (χ1n) is 6.01. The van der Waals surface area contributed by atoms with E-state index in [1.54, 1.807) is 6.07 Å². The lowest BCUT2D eigenvalue weighted by molar-refractivity contribution is 0.0948. The van der Waals surface area contributed by atoms with Gasteiger partial charge in [-0.3, -0.25) is 4.79 Å². The molecule has 0 radical (unpaired) electrons. The second-order valence-corrected chi connectivity index (χ2v) is 5.12. The van der Waals surface area contributed by atoms with Gasteiger partial charge in [0, 0.05) is 11.9 Å². The molecule has 4 heteroatoms. The summed E-state index contributed by atoms with van der Waals surface area (Å²) in [6.45, 7) is 0.719. The third kappa shape index (κ3) is 3.41. The van der Waals surface area contributed by atoms with Crippen molar-refractivity contribution >= 4 is 39.4 Å². The molecular weight excluding hydrogens is 339 g/mol. The SMILES string of the molecule is O=C(NCCCCI)c1ccc2ccccc2n1. The van der Waals surface area contributed by atoms with Gasteiger partial charge in [-0.2, -0.15) is 0 Å². The summed E-state index contributed by atoms with van der Waals surface area (Å²) in [5, 5.41) is 3.95. The molecule has 0 aliphatic carbocycles. The van der Waals surface area contributed by atoms with Crippen molar-refractivity contribution < 1.29 is 4.79 Å². The monoisotopic (exact) mass is 354 g/mol. The van der Waals surface area contributed by atoms with E-state index in [4.69, 9.17) is 0 Å². The Balaban J connectivity index is 2.04. The fourth-order valence-corrected chi connectivity index (χ4v) is 2.24. The fourth-order valence-electron chi connectivity index (χ4n) is 1.70. The largest absolute Gasteiger partial charge is 0.351 e. The number of aromatic nitrogens is 1. The van der Waals surface area contributed by atoms with Crippen molar-refractivity contribution in [3.63, 3.8) is 0 Å². The van der Waals surface area contributed by atoms with Crippen LogP contribution in [-0.4, -0.2) is 21.9 Å². The van der Waals surface area contributed by atoms with E-state index in [0.29, 0.717) is 5.69 Å². The Kier molecular flexibility index (Phi) is 4.92. The number of para-hydroxylation sites is 1. The lowest BCUT2D eigenvalue weighted by atomic mass is 10.2. The van der Waals surface area contributed by atoms with Crippen LogP contribution >= 0.6 is 22.6 Å². The summed E-state index contributed by atoms with van der Waals surface area (Å²) in [4.78, 5) is 16.2. The van der Waals surface area contributed by atoms with Crippen LogP contribution in [0.25, 0.3) is 10.9 Å². The maximum Gasteiger partial charge on any atom is 0.269 e. The highest BCUT2D eigenvalue weighted by Crippen LogP contribution is 2.11. The summed E-state index contributed by atoms with van der Waals surface area (Å²) in [5.74, 6) is -0.0887. The van der Waals surface area contributed by atoms with Gasteiger partial charge in [0.15, 0.2) is 0 Å².